The second-order valence-corrected chi connectivity index (χ2v) is 6.49. The van der Waals surface area contributed by atoms with Crippen molar-refractivity contribution in [3.05, 3.63) is 42.0 Å². The lowest BCUT2D eigenvalue weighted by atomic mass is 10.0. The molecule has 0 aliphatic carbocycles. The van der Waals surface area contributed by atoms with Gasteiger partial charge in [0, 0.05) is 0 Å². The zero-order chi connectivity index (χ0) is 16.2. The molecule has 1 aromatic carbocycles. The number of hydrogen-bond acceptors (Lipinski definition) is 2. The second kappa shape index (κ2) is 11.3. The van der Waals surface area contributed by atoms with Crippen LogP contribution in [0.2, 0.25) is 0 Å². The summed E-state index contributed by atoms with van der Waals surface area (Å²) < 4.78 is 10.8. The first kappa shape index (κ1) is 18.1. The normalized spacial score (nSPS) is 16.8. The van der Waals surface area contributed by atoms with Crippen LogP contribution in [0.1, 0.15) is 63.9 Å². The number of benzene rings is 1. The predicted octanol–water partition coefficient (Wildman–Crippen LogP) is 5.70. The molecule has 1 heterocycles. The molecule has 0 N–H and O–H groups in total. The van der Waals surface area contributed by atoms with Crippen molar-refractivity contribution in [3.8, 4) is 5.75 Å². The van der Waals surface area contributed by atoms with E-state index >= 15 is 0 Å². The van der Waals surface area contributed by atoms with E-state index < -0.39 is 0 Å². The van der Waals surface area contributed by atoms with Crippen LogP contribution in [0.25, 0.3) is 0 Å². The maximum absolute atomic E-state index is 5.66. The molecule has 1 aromatic rings. The first-order chi connectivity index (χ1) is 11.4. The Labute approximate surface area is 141 Å². The molecule has 128 valence electrons. The van der Waals surface area contributed by atoms with Crippen molar-refractivity contribution >= 4 is 0 Å². The zero-order valence-electron chi connectivity index (χ0n) is 14.6. The average molecular weight is 316 g/mol. The first-order valence-corrected chi connectivity index (χ1v) is 9.33. The number of epoxide rings is 1. The highest BCUT2D eigenvalue weighted by Gasteiger charge is 2.22. The van der Waals surface area contributed by atoms with Gasteiger partial charge in [0.25, 0.3) is 0 Å². The fourth-order valence-electron chi connectivity index (χ4n) is 2.75. The maximum Gasteiger partial charge on any atom is 0.119 e. The Morgan fingerprint density at radius 1 is 1.00 bits per heavy atom. The first-order valence-electron chi connectivity index (χ1n) is 9.33. The van der Waals surface area contributed by atoms with Crippen LogP contribution in [-0.2, 0) is 11.2 Å². The molecule has 2 nitrogen and oxygen atoms in total. The summed E-state index contributed by atoms with van der Waals surface area (Å²) >= 11 is 0. The summed E-state index contributed by atoms with van der Waals surface area (Å²) in [7, 11) is 0. The number of rotatable bonds is 13. The third-order valence-corrected chi connectivity index (χ3v) is 4.33. The molecule has 0 spiro atoms. The van der Waals surface area contributed by atoms with Crippen molar-refractivity contribution in [2.45, 2.75) is 70.8 Å². The molecule has 0 bridgehead atoms. The van der Waals surface area contributed by atoms with Crippen molar-refractivity contribution in [3.63, 3.8) is 0 Å². The summed E-state index contributed by atoms with van der Waals surface area (Å²) in [5.74, 6) is 0.960. The molecule has 0 radical (unpaired) electrons. The van der Waals surface area contributed by atoms with Gasteiger partial charge in [0.2, 0.25) is 0 Å². The Morgan fingerprint density at radius 2 is 1.65 bits per heavy atom. The van der Waals surface area contributed by atoms with Gasteiger partial charge in [0.1, 0.15) is 18.5 Å². The highest BCUT2D eigenvalue weighted by molar-refractivity contribution is 5.27. The summed E-state index contributed by atoms with van der Waals surface area (Å²) in [6.45, 7) is 3.64. The van der Waals surface area contributed by atoms with Crippen LogP contribution in [0.15, 0.2) is 36.4 Å². The van der Waals surface area contributed by atoms with Gasteiger partial charge in [0.05, 0.1) is 6.61 Å². The van der Waals surface area contributed by atoms with Gasteiger partial charge < -0.3 is 9.47 Å². The van der Waals surface area contributed by atoms with Crippen molar-refractivity contribution in [1.82, 2.24) is 0 Å². The molecular weight excluding hydrogens is 284 g/mol. The molecular formula is C21H32O2. The van der Waals surface area contributed by atoms with E-state index in [1.807, 2.05) is 0 Å². The molecule has 1 saturated heterocycles. The van der Waals surface area contributed by atoms with Gasteiger partial charge >= 0.3 is 0 Å². The van der Waals surface area contributed by atoms with Crippen LogP contribution in [-0.4, -0.2) is 19.3 Å². The van der Waals surface area contributed by atoms with Crippen LogP contribution in [0, 0.1) is 0 Å². The second-order valence-electron chi connectivity index (χ2n) is 6.49. The summed E-state index contributed by atoms with van der Waals surface area (Å²) in [5.41, 5.74) is 1.42. The number of unbranched alkanes of at least 4 members (excludes halogenated alkanes) is 7. The average Bonchev–Trinajstić information content (AvgIpc) is 3.40. The zero-order valence-corrected chi connectivity index (χ0v) is 14.6. The number of allylic oxidation sites excluding steroid dienone is 2. The Morgan fingerprint density at radius 3 is 2.30 bits per heavy atom. The lowest BCUT2D eigenvalue weighted by Gasteiger charge is -2.06. The smallest absolute Gasteiger partial charge is 0.119 e. The van der Waals surface area contributed by atoms with Gasteiger partial charge in [-0.2, -0.15) is 0 Å². The van der Waals surface area contributed by atoms with Gasteiger partial charge in [-0.3, -0.25) is 0 Å². The van der Waals surface area contributed by atoms with E-state index in [0.717, 1.165) is 12.4 Å². The van der Waals surface area contributed by atoms with Crippen molar-refractivity contribution < 1.29 is 9.47 Å². The molecule has 23 heavy (non-hydrogen) atoms. The van der Waals surface area contributed by atoms with Gasteiger partial charge in [-0.25, -0.2) is 0 Å². The molecule has 1 fully saturated rings. The summed E-state index contributed by atoms with van der Waals surface area (Å²) in [4.78, 5) is 0. The minimum Gasteiger partial charge on any atom is -0.491 e. The van der Waals surface area contributed by atoms with E-state index in [0.29, 0.717) is 12.7 Å². The molecule has 0 aromatic heterocycles. The minimum absolute atomic E-state index is 0.331. The highest BCUT2D eigenvalue weighted by Crippen LogP contribution is 2.17. The Hall–Kier alpha value is -1.28. The fourth-order valence-corrected chi connectivity index (χ4v) is 2.75. The van der Waals surface area contributed by atoms with Gasteiger partial charge in [-0.1, -0.05) is 56.4 Å². The van der Waals surface area contributed by atoms with E-state index in [4.69, 9.17) is 9.47 Å². The van der Waals surface area contributed by atoms with Gasteiger partial charge in [-0.05, 0) is 50.3 Å². The third-order valence-electron chi connectivity index (χ3n) is 4.33. The largest absolute Gasteiger partial charge is 0.491 e. The Bertz CT molecular complexity index is 432. The third kappa shape index (κ3) is 8.80. The molecule has 0 amide bonds. The molecule has 0 saturated carbocycles. The summed E-state index contributed by atoms with van der Waals surface area (Å²) in [6, 6.07) is 8.57. The van der Waals surface area contributed by atoms with Crippen LogP contribution in [0.4, 0.5) is 0 Å². The number of ether oxygens (including phenoxy) is 2. The quantitative estimate of drug-likeness (QED) is 0.264. The number of aryl methyl sites for hydroxylation is 1. The molecule has 1 unspecified atom stereocenters. The standard InChI is InChI=1S/C21H32O2/c1-2-3-4-5-6-7-8-9-10-11-12-19-13-15-20(16-14-19)22-17-21-18-23-21/h2-3,13-16,21H,4-12,17-18H2,1H3/b3-2+. The Balaban J connectivity index is 1.44. The molecule has 1 aliphatic heterocycles. The van der Waals surface area contributed by atoms with Crippen molar-refractivity contribution in [2.24, 2.45) is 0 Å². The van der Waals surface area contributed by atoms with E-state index in [-0.39, 0.29) is 0 Å². The van der Waals surface area contributed by atoms with Crippen molar-refractivity contribution in [2.75, 3.05) is 13.2 Å². The van der Waals surface area contributed by atoms with Crippen LogP contribution in [0.5, 0.6) is 5.75 Å². The van der Waals surface area contributed by atoms with Crippen molar-refractivity contribution in [1.29, 1.82) is 0 Å². The van der Waals surface area contributed by atoms with Crippen LogP contribution < -0.4 is 4.74 Å². The summed E-state index contributed by atoms with van der Waals surface area (Å²) in [6.07, 6.45) is 16.8. The predicted molar refractivity (Wildman–Crippen MR) is 97.1 cm³/mol. The van der Waals surface area contributed by atoms with E-state index in [9.17, 15) is 0 Å². The maximum atomic E-state index is 5.66. The fraction of sp³-hybridized carbons (Fsp3) is 0.619. The molecule has 1 atom stereocenters. The highest BCUT2D eigenvalue weighted by atomic mass is 16.6. The van der Waals surface area contributed by atoms with Gasteiger partial charge in [0.15, 0.2) is 0 Å². The SMILES string of the molecule is C/C=C/CCCCCCCCCc1ccc(OCC2CO2)cc1. The topological polar surface area (TPSA) is 21.8 Å². The lowest BCUT2D eigenvalue weighted by Crippen LogP contribution is -2.03. The number of hydrogen-bond donors (Lipinski definition) is 0. The molecule has 2 heteroatoms. The minimum atomic E-state index is 0.331. The molecule has 1 aliphatic rings. The molecule has 2 rings (SSSR count). The lowest BCUT2D eigenvalue weighted by molar-refractivity contribution is 0.263. The van der Waals surface area contributed by atoms with Crippen LogP contribution in [0.3, 0.4) is 0 Å². The summed E-state index contributed by atoms with van der Waals surface area (Å²) in [5, 5.41) is 0. The van der Waals surface area contributed by atoms with E-state index in [1.54, 1.807) is 0 Å². The monoisotopic (exact) mass is 316 g/mol. The van der Waals surface area contributed by atoms with E-state index in [1.165, 1.54) is 63.4 Å². The van der Waals surface area contributed by atoms with Crippen LogP contribution >= 0.6 is 0 Å². The Kier molecular flexibility index (Phi) is 8.86. The van der Waals surface area contributed by atoms with E-state index in [2.05, 4.69) is 43.3 Å². The van der Waals surface area contributed by atoms with Gasteiger partial charge in [-0.15, -0.1) is 0 Å².